The lowest BCUT2D eigenvalue weighted by Crippen LogP contribution is -2.51. The zero-order valence-corrected chi connectivity index (χ0v) is 22.8. The number of carbonyl (C=O) groups excluding carboxylic acids is 3. The molecule has 3 aliphatic heterocycles. The molecule has 0 saturated carbocycles. The molecule has 1 saturated heterocycles. The third-order valence-electron chi connectivity index (χ3n) is 8.55. The number of fused-ring (bicyclic) bond motifs is 6. The Bertz CT molecular complexity index is 1730. The number of rotatable bonds is 5. The molecule has 1 spiro atoms. The summed E-state index contributed by atoms with van der Waals surface area (Å²) in [7, 11) is 1.56. The number of ether oxygens (including phenoxy) is 1. The predicted molar refractivity (Wildman–Crippen MR) is 156 cm³/mol. The lowest BCUT2D eigenvalue weighted by atomic mass is 9.64. The normalized spacial score (nSPS) is 24.1. The maximum Gasteiger partial charge on any atom is 0.238 e. The number of allylic oxidation sites excluding steroid dienone is 1. The Morgan fingerprint density at radius 2 is 1.75 bits per heavy atom. The summed E-state index contributed by atoms with van der Waals surface area (Å²) in [4.78, 5) is 46.3. The molecule has 1 amide bonds. The SMILES string of the molecule is COc1cccc(C(=O)C2C(C(=O)c3cccs3)C3(C(=O)Nc4ccccc43)C3C=C(C)c4ccccc4N23)c1. The second-order valence-corrected chi connectivity index (χ2v) is 11.4. The fourth-order valence-electron chi connectivity index (χ4n) is 6.91. The van der Waals surface area contributed by atoms with E-state index >= 15 is 0 Å². The first-order valence-electron chi connectivity index (χ1n) is 13.2. The van der Waals surface area contributed by atoms with Crippen molar-refractivity contribution in [3.63, 3.8) is 0 Å². The standard InChI is InChI=1S/C33H26N2O4S/c1-19-17-27-33(23-12-4-5-13-24(23)34-32(33)38)28(31(37)26-15-8-16-40-26)29(35(27)25-14-6-3-11-22(19)25)30(36)20-9-7-10-21(18-20)39-2/h3-18,27-29H,1-2H3,(H,34,38). The molecule has 7 heteroatoms. The molecule has 7 rings (SSSR count). The Morgan fingerprint density at radius 3 is 2.55 bits per heavy atom. The van der Waals surface area contributed by atoms with E-state index in [2.05, 4.69) is 11.4 Å². The molecule has 40 heavy (non-hydrogen) atoms. The molecule has 1 fully saturated rings. The average Bonchev–Trinajstić information content (AvgIpc) is 3.70. The number of hydrogen-bond donors (Lipinski definition) is 1. The molecule has 0 radical (unpaired) electrons. The van der Waals surface area contributed by atoms with E-state index in [1.807, 2.05) is 71.8 Å². The van der Waals surface area contributed by atoms with Crippen LogP contribution >= 0.6 is 11.3 Å². The van der Waals surface area contributed by atoms with E-state index in [0.29, 0.717) is 21.9 Å². The molecule has 1 N–H and O–H groups in total. The van der Waals surface area contributed by atoms with Crippen LogP contribution in [-0.2, 0) is 10.2 Å². The van der Waals surface area contributed by atoms with E-state index in [1.54, 1.807) is 37.4 Å². The number of Topliss-reactive ketones (excluding diaryl/α,β-unsaturated/α-hetero) is 2. The summed E-state index contributed by atoms with van der Waals surface area (Å²) in [6.07, 6.45) is 2.07. The molecule has 1 aromatic heterocycles. The molecular weight excluding hydrogens is 520 g/mol. The van der Waals surface area contributed by atoms with Gasteiger partial charge in [0, 0.05) is 22.5 Å². The van der Waals surface area contributed by atoms with Gasteiger partial charge in [0.1, 0.15) is 17.2 Å². The van der Waals surface area contributed by atoms with Gasteiger partial charge in [-0.25, -0.2) is 0 Å². The predicted octanol–water partition coefficient (Wildman–Crippen LogP) is 6.00. The Labute approximate surface area is 235 Å². The van der Waals surface area contributed by atoms with E-state index in [9.17, 15) is 14.4 Å². The number of amides is 1. The lowest BCUT2D eigenvalue weighted by molar-refractivity contribution is -0.121. The molecule has 0 aliphatic carbocycles. The first-order chi connectivity index (χ1) is 19.5. The van der Waals surface area contributed by atoms with Gasteiger partial charge in [-0.05, 0) is 53.8 Å². The molecule has 4 aromatic rings. The minimum Gasteiger partial charge on any atom is -0.497 e. The van der Waals surface area contributed by atoms with Crippen molar-refractivity contribution in [2.75, 3.05) is 17.3 Å². The number of nitrogens with one attached hydrogen (secondary N) is 1. The van der Waals surface area contributed by atoms with Crippen LogP contribution in [0.1, 0.15) is 38.1 Å². The van der Waals surface area contributed by atoms with E-state index in [-0.39, 0.29) is 17.5 Å². The maximum atomic E-state index is 14.7. The van der Waals surface area contributed by atoms with Crippen molar-refractivity contribution in [2.45, 2.75) is 24.4 Å². The molecule has 4 heterocycles. The number of para-hydroxylation sites is 2. The van der Waals surface area contributed by atoms with Crippen LogP contribution in [0.3, 0.4) is 0 Å². The molecule has 4 atom stereocenters. The molecule has 3 aromatic carbocycles. The monoisotopic (exact) mass is 546 g/mol. The first kappa shape index (κ1) is 24.5. The van der Waals surface area contributed by atoms with Crippen molar-refractivity contribution < 1.29 is 19.1 Å². The Morgan fingerprint density at radius 1 is 0.950 bits per heavy atom. The fraction of sp³-hybridized carbons (Fsp3) is 0.182. The zero-order chi connectivity index (χ0) is 27.6. The first-order valence-corrected chi connectivity index (χ1v) is 14.1. The van der Waals surface area contributed by atoms with Gasteiger partial charge in [-0.15, -0.1) is 11.3 Å². The third kappa shape index (κ3) is 3.24. The summed E-state index contributed by atoms with van der Waals surface area (Å²) in [5, 5.41) is 4.92. The van der Waals surface area contributed by atoms with Crippen LogP contribution in [-0.4, -0.2) is 36.7 Å². The molecule has 0 bridgehead atoms. The van der Waals surface area contributed by atoms with Crippen molar-refractivity contribution in [3.05, 3.63) is 118 Å². The van der Waals surface area contributed by atoms with Gasteiger partial charge in [0.2, 0.25) is 5.91 Å². The van der Waals surface area contributed by atoms with Crippen LogP contribution in [0.25, 0.3) is 5.57 Å². The maximum absolute atomic E-state index is 14.7. The van der Waals surface area contributed by atoms with Gasteiger partial charge >= 0.3 is 0 Å². The number of benzene rings is 3. The fourth-order valence-corrected chi connectivity index (χ4v) is 7.61. The molecule has 3 aliphatic rings. The Hall–Kier alpha value is -4.49. The minimum atomic E-state index is -1.31. The van der Waals surface area contributed by atoms with Crippen molar-refractivity contribution in [1.29, 1.82) is 0 Å². The summed E-state index contributed by atoms with van der Waals surface area (Å²) in [6, 6.07) is 24.6. The van der Waals surface area contributed by atoms with Crippen molar-refractivity contribution in [1.82, 2.24) is 0 Å². The highest BCUT2D eigenvalue weighted by atomic mass is 32.1. The summed E-state index contributed by atoms with van der Waals surface area (Å²) in [6.45, 7) is 2.02. The highest BCUT2D eigenvalue weighted by Crippen LogP contribution is 2.59. The number of ketones is 2. The van der Waals surface area contributed by atoms with Crippen LogP contribution < -0.4 is 15.0 Å². The summed E-state index contributed by atoms with van der Waals surface area (Å²) >= 11 is 1.33. The quantitative estimate of drug-likeness (QED) is 0.311. The van der Waals surface area contributed by atoms with Crippen LogP contribution in [0, 0.1) is 5.92 Å². The van der Waals surface area contributed by atoms with Crippen LogP contribution in [0.4, 0.5) is 11.4 Å². The Kier molecular flexibility index (Phi) is 5.54. The van der Waals surface area contributed by atoms with Gasteiger partial charge in [-0.3, -0.25) is 14.4 Å². The van der Waals surface area contributed by atoms with E-state index in [1.165, 1.54) is 11.3 Å². The van der Waals surface area contributed by atoms with Crippen LogP contribution in [0.2, 0.25) is 0 Å². The van der Waals surface area contributed by atoms with Crippen LogP contribution in [0.15, 0.2) is 96.4 Å². The number of thiophene rings is 1. The van der Waals surface area contributed by atoms with Crippen molar-refractivity contribution in [3.8, 4) is 5.75 Å². The summed E-state index contributed by atoms with van der Waals surface area (Å²) in [5.41, 5.74) is 3.36. The molecule has 6 nitrogen and oxygen atoms in total. The molecular formula is C33H26N2O4S. The second kappa shape index (κ2) is 9.03. The Balaban J connectivity index is 1.55. The lowest BCUT2D eigenvalue weighted by Gasteiger charge is -2.39. The highest BCUT2D eigenvalue weighted by molar-refractivity contribution is 7.12. The summed E-state index contributed by atoms with van der Waals surface area (Å²) < 4.78 is 5.43. The van der Waals surface area contributed by atoms with Gasteiger partial charge in [0.05, 0.1) is 23.9 Å². The van der Waals surface area contributed by atoms with E-state index < -0.39 is 23.4 Å². The number of nitrogens with zero attached hydrogens (tertiary/aromatic N) is 1. The third-order valence-corrected chi connectivity index (χ3v) is 9.44. The number of carbonyl (C=O) groups is 3. The van der Waals surface area contributed by atoms with Gasteiger partial charge in [0.15, 0.2) is 11.6 Å². The topological polar surface area (TPSA) is 75.7 Å². The van der Waals surface area contributed by atoms with Gasteiger partial charge in [-0.1, -0.05) is 60.7 Å². The van der Waals surface area contributed by atoms with Gasteiger partial charge in [-0.2, -0.15) is 0 Å². The average molecular weight is 547 g/mol. The zero-order valence-electron chi connectivity index (χ0n) is 22.0. The summed E-state index contributed by atoms with van der Waals surface area (Å²) in [5.74, 6) is -1.12. The smallest absolute Gasteiger partial charge is 0.238 e. The number of methoxy groups -OCH3 is 1. The van der Waals surface area contributed by atoms with Crippen molar-refractivity contribution >= 4 is 45.8 Å². The van der Waals surface area contributed by atoms with Gasteiger partial charge < -0.3 is 15.0 Å². The second-order valence-electron chi connectivity index (χ2n) is 10.4. The minimum absolute atomic E-state index is 0.207. The number of hydrogen-bond acceptors (Lipinski definition) is 6. The van der Waals surface area contributed by atoms with Gasteiger partial charge in [0.25, 0.3) is 0 Å². The highest BCUT2D eigenvalue weighted by Gasteiger charge is 2.70. The van der Waals surface area contributed by atoms with E-state index in [0.717, 1.165) is 22.4 Å². The number of anilines is 2. The molecule has 198 valence electrons. The van der Waals surface area contributed by atoms with Crippen LogP contribution in [0.5, 0.6) is 5.75 Å². The molecule has 4 unspecified atom stereocenters. The van der Waals surface area contributed by atoms with E-state index in [4.69, 9.17) is 4.74 Å². The van der Waals surface area contributed by atoms with Crippen molar-refractivity contribution in [2.24, 2.45) is 5.92 Å². The largest absolute Gasteiger partial charge is 0.497 e.